The van der Waals surface area contributed by atoms with Gasteiger partial charge in [0.1, 0.15) is 0 Å². The van der Waals surface area contributed by atoms with Gasteiger partial charge in [-0.15, -0.1) is 0 Å². The minimum atomic E-state index is 0.208. The van der Waals surface area contributed by atoms with Gasteiger partial charge in [0.2, 0.25) is 5.91 Å². The van der Waals surface area contributed by atoms with E-state index in [1.807, 2.05) is 36.4 Å². The second-order valence-electron chi connectivity index (χ2n) is 10.6. The second-order valence-corrected chi connectivity index (χ2v) is 10.6. The Bertz CT molecular complexity index is 1120. The molecule has 1 saturated carbocycles. The van der Waals surface area contributed by atoms with Crippen molar-refractivity contribution >= 4 is 12.0 Å². The van der Waals surface area contributed by atoms with Crippen LogP contribution in [0.3, 0.4) is 0 Å². The lowest BCUT2D eigenvalue weighted by atomic mass is 9.81. The monoisotopic (exact) mass is 510 g/mol. The molecule has 0 unspecified atom stereocenters. The van der Waals surface area contributed by atoms with Crippen LogP contribution in [0.15, 0.2) is 91.0 Å². The van der Waals surface area contributed by atoms with Gasteiger partial charge >= 0.3 is 0 Å². The van der Waals surface area contributed by atoms with Crippen molar-refractivity contribution in [3.8, 4) is 0 Å². The summed E-state index contributed by atoms with van der Waals surface area (Å²) in [5.41, 5.74) is 5.04. The summed E-state index contributed by atoms with van der Waals surface area (Å²) in [7, 11) is 2.10. The summed E-state index contributed by atoms with van der Waals surface area (Å²) < 4.78 is 0. The maximum atomic E-state index is 13.4. The van der Waals surface area contributed by atoms with Gasteiger partial charge in [0, 0.05) is 38.7 Å². The van der Waals surface area contributed by atoms with Crippen LogP contribution in [0.5, 0.6) is 0 Å². The van der Waals surface area contributed by atoms with Crippen molar-refractivity contribution in [1.82, 2.24) is 9.80 Å². The lowest BCUT2D eigenvalue weighted by molar-refractivity contribution is -0.134. The molecule has 0 heterocycles. The molecule has 3 aromatic carbocycles. The zero-order chi connectivity index (χ0) is 26.6. The third-order valence-corrected chi connectivity index (χ3v) is 7.66. The molecule has 4 rings (SSSR count). The Morgan fingerprint density at radius 2 is 1.47 bits per heavy atom. The Labute approximate surface area is 228 Å². The Balaban J connectivity index is 1.36. The molecule has 0 spiro atoms. The van der Waals surface area contributed by atoms with E-state index in [0.717, 1.165) is 50.8 Å². The number of hydrogen-bond acceptors (Lipinski definition) is 3. The lowest BCUT2D eigenvalue weighted by Gasteiger charge is -2.37. The summed E-state index contributed by atoms with van der Waals surface area (Å²) in [4.78, 5) is 17.8. The topological polar surface area (TPSA) is 43.8 Å². The Morgan fingerprint density at radius 3 is 2.13 bits per heavy atom. The number of carbonyl (C=O) groups is 1. The minimum Gasteiger partial charge on any atom is -0.396 e. The fraction of sp³-hybridized carbons (Fsp3) is 0.382. The number of aliphatic hydroxyl groups excluding tert-OH is 1. The van der Waals surface area contributed by atoms with E-state index in [0.29, 0.717) is 18.9 Å². The molecule has 0 radical (unpaired) electrons. The number of aliphatic hydroxyl groups is 1. The van der Waals surface area contributed by atoms with Crippen LogP contribution in [0.25, 0.3) is 6.08 Å². The van der Waals surface area contributed by atoms with Crippen LogP contribution < -0.4 is 0 Å². The Hall–Kier alpha value is -3.21. The van der Waals surface area contributed by atoms with Crippen LogP contribution in [0.4, 0.5) is 0 Å². The number of hydrogen-bond donors (Lipinski definition) is 1. The molecule has 1 amide bonds. The van der Waals surface area contributed by atoms with Crippen LogP contribution in [-0.2, 0) is 17.9 Å². The fourth-order valence-electron chi connectivity index (χ4n) is 5.53. The van der Waals surface area contributed by atoms with Gasteiger partial charge < -0.3 is 14.9 Å². The Morgan fingerprint density at radius 1 is 0.842 bits per heavy atom. The molecule has 0 saturated heterocycles. The highest BCUT2D eigenvalue weighted by Gasteiger charge is 2.29. The van der Waals surface area contributed by atoms with E-state index in [1.165, 1.54) is 16.7 Å². The maximum Gasteiger partial charge on any atom is 0.226 e. The van der Waals surface area contributed by atoms with Crippen LogP contribution >= 0.6 is 0 Å². The molecule has 0 aromatic heterocycles. The average molecular weight is 511 g/mol. The van der Waals surface area contributed by atoms with Crippen molar-refractivity contribution in [1.29, 1.82) is 0 Å². The molecule has 4 heteroatoms. The van der Waals surface area contributed by atoms with E-state index in [9.17, 15) is 4.79 Å². The normalized spacial score (nSPS) is 17.7. The maximum absolute atomic E-state index is 13.4. The molecule has 0 aliphatic heterocycles. The first-order chi connectivity index (χ1) is 18.6. The van der Waals surface area contributed by atoms with Crippen molar-refractivity contribution in [3.63, 3.8) is 0 Å². The van der Waals surface area contributed by atoms with Gasteiger partial charge in [-0.1, -0.05) is 97.1 Å². The zero-order valence-corrected chi connectivity index (χ0v) is 22.7. The predicted octanol–water partition coefficient (Wildman–Crippen LogP) is 6.66. The van der Waals surface area contributed by atoms with Crippen LogP contribution in [-0.4, -0.2) is 47.1 Å². The van der Waals surface area contributed by atoms with Crippen LogP contribution in [0.1, 0.15) is 66.7 Å². The van der Waals surface area contributed by atoms with Crippen LogP contribution in [0, 0.1) is 0 Å². The van der Waals surface area contributed by atoms with Gasteiger partial charge in [-0.05, 0) is 67.3 Å². The van der Waals surface area contributed by atoms with E-state index in [2.05, 4.69) is 77.5 Å². The molecule has 0 bridgehead atoms. The predicted molar refractivity (Wildman–Crippen MR) is 157 cm³/mol. The summed E-state index contributed by atoms with van der Waals surface area (Å²) in [5, 5.41) is 9.05. The van der Waals surface area contributed by atoms with E-state index in [-0.39, 0.29) is 18.6 Å². The lowest BCUT2D eigenvalue weighted by Crippen LogP contribution is -2.41. The third-order valence-electron chi connectivity index (χ3n) is 7.66. The van der Waals surface area contributed by atoms with E-state index < -0.39 is 0 Å². The largest absolute Gasteiger partial charge is 0.396 e. The van der Waals surface area contributed by atoms with Crippen LogP contribution in [0.2, 0.25) is 0 Å². The number of rotatable bonds is 12. The molecule has 4 nitrogen and oxygen atoms in total. The molecular formula is C34H42N2O2. The Kier molecular flexibility index (Phi) is 10.7. The van der Waals surface area contributed by atoms with Crippen molar-refractivity contribution in [2.45, 2.75) is 63.6 Å². The summed E-state index contributed by atoms with van der Waals surface area (Å²) in [6.07, 6.45) is 9.58. The molecular weight excluding hydrogens is 468 g/mol. The summed E-state index contributed by atoms with van der Waals surface area (Å²) in [6.45, 7) is 2.72. The highest BCUT2D eigenvalue weighted by Crippen LogP contribution is 2.35. The standard InChI is InChI=1S/C34H42N2O2/c1-35(24-9-25-37)26-30-16-18-31(19-17-30)32-20-22-33(23-21-32)36(27-29-12-6-3-7-13-29)34(38)15-8-14-28-10-4-2-5-11-28/h2-8,10-14,16-19,32-33,37H,9,15,20-27H2,1H3. The summed E-state index contributed by atoms with van der Waals surface area (Å²) >= 11 is 0. The minimum absolute atomic E-state index is 0.208. The number of carbonyl (C=O) groups excluding carboxylic acids is 1. The highest BCUT2D eigenvalue weighted by atomic mass is 16.3. The van der Waals surface area contributed by atoms with E-state index in [4.69, 9.17) is 5.11 Å². The number of benzene rings is 3. The average Bonchev–Trinajstić information content (AvgIpc) is 2.96. The molecule has 1 fully saturated rings. The van der Waals surface area contributed by atoms with Crippen molar-refractivity contribution in [3.05, 3.63) is 113 Å². The van der Waals surface area contributed by atoms with Gasteiger partial charge in [0.15, 0.2) is 0 Å². The molecule has 1 aliphatic rings. The van der Waals surface area contributed by atoms with Crippen molar-refractivity contribution < 1.29 is 9.90 Å². The molecule has 1 N–H and O–H groups in total. The molecule has 3 aromatic rings. The van der Waals surface area contributed by atoms with Gasteiger partial charge in [0.05, 0.1) is 0 Å². The molecule has 200 valence electrons. The van der Waals surface area contributed by atoms with E-state index in [1.54, 1.807) is 0 Å². The van der Waals surface area contributed by atoms with Gasteiger partial charge in [-0.2, -0.15) is 0 Å². The smallest absolute Gasteiger partial charge is 0.226 e. The van der Waals surface area contributed by atoms with Crippen molar-refractivity contribution in [2.75, 3.05) is 20.2 Å². The summed E-state index contributed by atoms with van der Waals surface area (Å²) in [5.74, 6) is 0.762. The van der Waals surface area contributed by atoms with Gasteiger partial charge in [0.25, 0.3) is 0 Å². The first-order valence-corrected chi connectivity index (χ1v) is 14.1. The quantitative estimate of drug-likeness (QED) is 0.296. The summed E-state index contributed by atoms with van der Waals surface area (Å²) in [6, 6.07) is 29.9. The van der Waals surface area contributed by atoms with Gasteiger partial charge in [-0.25, -0.2) is 0 Å². The highest BCUT2D eigenvalue weighted by molar-refractivity contribution is 5.79. The van der Waals surface area contributed by atoms with Gasteiger partial charge in [-0.3, -0.25) is 4.79 Å². The zero-order valence-electron chi connectivity index (χ0n) is 22.7. The molecule has 0 atom stereocenters. The first kappa shape index (κ1) is 27.8. The molecule has 1 aliphatic carbocycles. The number of nitrogens with zero attached hydrogens (tertiary/aromatic N) is 2. The number of amides is 1. The third kappa shape index (κ3) is 8.41. The fourth-order valence-corrected chi connectivity index (χ4v) is 5.53. The SMILES string of the molecule is CN(CCCO)Cc1ccc(C2CCC(N(Cc3ccccc3)C(=O)CC=Cc3ccccc3)CC2)cc1. The molecule has 38 heavy (non-hydrogen) atoms. The second kappa shape index (κ2) is 14.7. The first-order valence-electron chi connectivity index (χ1n) is 14.1. The van der Waals surface area contributed by atoms with Crippen molar-refractivity contribution in [2.24, 2.45) is 0 Å². The van der Waals surface area contributed by atoms with E-state index >= 15 is 0 Å².